The minimum Gasteiger partial charge on any atom is -0.497 e. The average molecular weight is 249 g/mol. The van der Waals surface area contributed by atoms with Gasteiger partial charge in [-0.15, -0.1) is 0 Å². The first-order valence-electron chi connectivity index (χ1n) is 5.70. The van der Waals surface area contributed by atoms with Crippen molar-refractivity contribution in [3.05, 3.63) is 23.8 Å². The molecule has 0 aromatic heterocycles. The molecule has 0 aliphatic carbocycles. The van der Waals surface area contributed by atoms with E-state index in [1.807, 2.05) is 0 Å². The third-order valence-corrected chi connectivity index (χ3v) is 2.98. The molecule has 1 fully saturated rings. The van der Waals surface area contributed by atoms with Crippen molar-refractivity contribution >= 4 is 11.8 Å². The summed E-state index contributed by atoms with van der Waals surface area (Å²) in [6, 6.07) is 5.32. The SMILES string of the molecule is COc1ccc(CN2C(=O)CCC2=O)c(OC)c1. The van der Waals surface area contributed by atoms with Gasteiger partial charge in [-0.25, -0.2) is 0 Å². The Morgan fingerprint density at radius 3 is 2.33 bits per heavy atom. The van der Waals surface area contributed by atoms with Crippen LogP contribution in [0.3, 0.4) is 0 Å². The van der Waals surface area contributed by atoms with Crippen LogP contribution in [0.15, 0.2) is 18.2 Å². The van der Waals surface area contributed by atoms with E-state index in [1.54, 1.807) is 32.4 Å². The number of methoxy groups -OCH3 is 2. The third kappa shape index (κ3) is 2.30. The molecule has 5 nitrogen and oxygen atoms in total. The summed E-state index contributed by atoms with van der Waals surface area (Å²) in [7, 11) is 3.12. The molecule has 0 unspecified atom stereocenters. The summed E-state index contributed by atoms with van der Waals surface area (Å²) in [4.78, 5) is 24.4. The summed E-state index contributed by atoms with van der Waals surface area (Å²) in [6.07, 6.45) is 0.606. The summed E-state index contributed by atoms with van der Waals surface area (Å²) in [5.41, 5.74) is 0.793. The van der Waals surface area contributed by atoms with Crippen LogP contribution in [-0.4, -0.2) is 30.9 Å². The first-order valence-corrected chi connectivity index (χ1v) is 5.70. The van der Waals surface area contributed by atoms with Gasteiger partial charge in [0.25, 0.3) is 0 Å². The normalized spacial score (nSPS) is 15.1. The van der Waals surface area contributed by atoms with Crippen molar-refractivity contribution in [2.75, 3.05) is 14.2 Å². The zero-order chi connectivity index (χ0) is 13.1. The molecule has 18 heavy (non-hydrogen) atoms. The van der Waals surface area contributed by atoms with Crippen LogP contribution < -0.4 is 9.47 Å². The second-order valence-electron chi connectivity index (χ2n) is 4.05. The Hall–Kier alpha value is -2.04. The van der Waals surface area contributed by atoms with Crippen LogP contribution >= 0.6 is 0 Å². The van der Waals surface area contributed by atoms with Gasteiger partial charge in [0.2, 0.25) is 11.8 Å². The third-order valence-electron chi connectivity index (χ3n) is 2.98. The predicted octanol–water partition coefficient (Wildman–Crippen LogP) is 1.35. The molecule has 0 bridgehead atoms. The van der Waals surface area contributed by atoms with Crippen LogP contribution in [0.4, 0.5) is 0 Å². The van der Waals surface area contributed by atoms with Gasteiger partial charge >= 0.3 is 0 Å². The minimum absolute atomic E-state index is 0.127. The van der Waals surface area contributed by atoms with E-state index in [4.69, 9.17) is 9.47 Å². The highest BCUT2D eigenvalue weighted by Gasteiger charge is 2.29. The number of carbonyl (C=O) groups excluding carboxylic acids is 2. The van der Waals surface area contributed by atoms with Crippen molar-refractivity contribution in [1.82, 2.24) is 4.90 Å². The molecule has 1 aliphatic heterocycles. The van der Waals surface area contributed by atoms with Gasteiger partial charge in [0.1, 0.15) is 11.5 Å². The smallest absolute Gasteiger partial charge is 0.230 e. The van der Waals surface area contributed by atoms with Gasteiger partial charge in [0, 0.05) is 24.5 Å². The molecule has 5 heteroatoms. The maximum absolute atomic E-state index is 11.6. The highest BCUT2D eigenvalue weighted by molar-refractivity contribution is 6.01. The fourth-order valence-electron chi connectivity index (χ4n) is 1.95. The number of likely N-dealkylation sites (tertiary alicyclic amines) is 1. The molecule has 0 saturated carbocycles. The van der Waals surface area contributed by atoms with E-state index in [-0.39, 0.29) is 18.4 Å². The van der Waals surface area contributed by atoms with Crippen molar-refractivity contribution in [3.63, 3.8) is 0 Å². The van der Waals surface area contributed by atoms with Crippen LogP contribution in [0.5, 0.6) is 11.5 Å². The fourth-order valence-corrected chi connectivity index (χ4v) is 1.95. The lowest BCUT2D eigenvalue weighted by atomic mass is 10.2. The van der Waals surface area contributed by atoms with Crippen LogP contribution in [0.1, 0.15) is 18.4 Å². The van der Waals surface area contributed by atoms with Crippen molar-refractivity contribution in [2.24, 2.45) is 0 Å². The minimum atomic E-state index is -0.127. The highest BCUT2D eigenvalue weighted by atomic mass is 16.5. The molecule has 0 atom stereocenters. The van der Waals surface area contributed by atoms with E-state index in [0.717, 1.165) is 5.56 Å². The highest BCUT2D eigenvalue weighted by Crippen LogP contribution is 2.27. The monoisotopic (exact) mass is 249 g/mol. The van der Waals surface area contributed by atoms with Crippen LogP contribution in [-0.2, 0) is 16.1 Å². The fraction of sp³-hybridized carbons (Fsp3) is 0.385. The molecule has 2 rings (SSSR count). The Morgan fingerprint density at radius 2 is 1.78 bits per heavy atom. The topological polar surface area (TPSA) is 55.8 Å². The maximum Gasteiger partial charge on any atom is 0.230 e. The van der Waals surface area contributed by atoms with E-state index in [0.29, 0.717) is 24.3 Å². The van der Waals surface area contributed by atoms with Gasteiger partial charge in [-0.05, 0) is 12.1 Å². The first-order chi connectivity index (χ1) is 8.65. The van der Waals surface area contributed by atoms with Gasteiger partial charge < -0.3 is 9.47 Å². The maximum atomic E-state index is 11.6. The number of hydrogen-bond donors (Lipinski definition) is 0. The van der Waals surface area contributed by atoms with E-state index in [1.165, 1.54) is 4.90 Å². The van der Waals surface area contributed by atoms with Gasteiger partial charge in [-0.1, -0.05) is 0 Å². The summed E-state index contributed by atoms with van der Waals surface area (Å²) >= 11 is 0. The molecule has 1 heterocycles. The van der Waals surface area contributed by atoms with Gasteiger partial charge in [0.15, 0.2) is 0 Å². The number of benzene rings is 1. The number of nitrogens with zero attached hydrogens (tertiary/aromatic N) is 1. The lowest BCUT2D eigenvalue weighted by Gasteiger charge is -2.16. The number of carbonyl (C=O) groups is 2. The average Bonchev–Trinajstić information content (AvgIpc) is 2.71. The van der Waals surface area contributed by atoms with E-state index >= 15 is 0 Å². The number of ether oxygens (including phenoxy) is 2. The summed E-state index contributed by atoms with van der Waals surface area (Å²) < 4.78 is 10.3. The molecule has 1 aliphatic rings. The number of amides is 2. The Kier molecular flexibility index (Phi) is 3.50. The lowest BCUT2D eigenvalue weighted by Crippen LogP contribution is -2.28. The second kappa shape index (κ2) is 5.08. The Balaban J connectivity index is 2.23. The Morgan fingerprint density at radius 1 is 1.11 bits per heavy atom. The van der Waals surface area contributed by atoms with E-state index in [2.05, 4.69) is 0 Å². The molecule has 0 spiro atoms. The number of imide groups is 1. The van der Waals surface area contributed by atoms with Crippen molar-refractivity contribution in [1.29, 1.82) is 0 Å². The summed E-state index contributed by atoms with van der Waals surface area (Å²) in [6.45, 7) is 0.255. The molecule has 1 saturated heterocycles. The molecular weight excluding hydrogens is 234 g/mol. The quantitative estimate of drug-likeness (QED) is 0.756. The lowest BCUT2D eigenvalue weighted by molar-refractivity contribution is -0.139. The van der Waals surface area contributed by atoms with Crippen LogP contribution in [0, 0.1) is 0 Å². The number of hydrogen-bond acceptors (Lipinski definition) is 4. The molecule has 0 N–H and O–H groups in total. The van der Waals surface area contributed by atoms with Crippen molar-refractivity contribution < 1.29 is 19.1 Å². The second-order valence-corrected chi connectivity index (χ2v) is 4.05. The largest absolute Gasteiger partial charge is 0.497 e. The molecule has 2 amide bonds. The Bertz CT molecular complexity index is 468. The molecule has 1 aromatic carbocycles. The van der Waals surface area contributed by atoms with E-state index in [9.17, 15) is 9.59 Å². The molecule has 0 radical (unpaired) electrons. The summed E-state index contributed by atoms with van der Waals surface area (Å²) in [5.74, 6) is 1.03. The molecular formula is C13H15NO4. The first kappa shape index (κ1) is 12.4. The van der Waals surface area contributed by atoms with Crippen molar-refractivity contribution in [2.45, 2.75) is 19.4 Å². The standard InChI is InChI=1S/C13H15NO4/c1-17-10-4-3-9(11(7-10)18-2)8-14-12(15)5-6-13(14)16/h3-4,7H,5-6,8H2,1-2H3. The molecule has 96 valence electrons. The Labute approximate surface area is 105 Å². The van der Waals surface area contributed by atoms with Gasteiger partial charge in [0.05, 0.1) is 20.8 Å². The van der Waals surface area contributed by atoms with Gasteiger partial charge in [-0.2, -0.15) is 0 Å². The number of rotatable bonds is 4. The van der Waals surface area contributed by atoms with Crippen LogP contribution in [0.25, 0.3) is 0 Å². The van der Waals surface area contributed by atoms with E-state index < -0.39 is 0 Å². The zero-order valence-corrected chi connectivity index (χ0v) is 10.4. The predicted molar refractivity (Wildman–Crippen MR) is 64.3 cm³/mol. The summed E-state index contributed by atoms with van der Waals surface area (Å²) in [5, 5.41) is 0. The molecule has 1 aromatic rings. The van der Waals surface area contributed by atoms with Crippen molar-refractivity contribution in [3.8, 4) is 11.5 Å². The zero-order valence-electron chi connectivity index (χ0n) is 10.4. The van der Waals surface area contributed by atoms with Gasteiger partial charge in [-0.3, -0.25) is 14.5 Å². The van der Waals surface area contributed by atoms with Crippen LogP contribution in [0.2, 0.25) is 0 Å².